The smallest absolute Gasteiger partial charge is 0.323 e. The standard InChI is InChI=1S/C39H51N5O8/c1-6-42(36(45)28-30-19-20-32(35(27-30)51-5)41-38(48)40-31-16-9-8-15-29(31)3)22-12-13-23-43(7-2)39(49)44(25-21-37(46)47)24-14-26-52-34-18-11-10-17-33(34)50-4/h8-13,15-20,27H,6-7,14,21-26,28H2,1-5H3,(H,46,47)(H2,40,41,48). The molecule has 0 atom stereocenters. The minimum absolute atomic E-state index is 0.0730. The van der Waals surface area contributed by atoms with E-state index in [4.69, 9.17) is 14.2 Å². The third kappa shape index (κ3) is 12.9. The second-order valence-corrected chi connectivity index (χ2v) is 11.8. The largest absolute Gasteiger partial charge is 0.495 e. The second kappa shape index (κ2) is 21.5. The van der Waals surface area contributed by atoms with Crippen LogP contribution in [0.2, 0.25) is 0 Å². The molecule has 0 fully saturated rings. The molecule has 5 amide bonds. The lowest BCUT2D eigenvalue weighted by Gasteiger charge is -2.29. The Morgan fingerprint density at radius 1 is 0.750 bits per heavy atom. The molecule has 3 rings (SSSR count). The molecule has 0 aromatic heterocycles. The number of aliphatic carboxylic acids is 1. The van der Waals surface area contributed by atoms with Gasteiger partial charge in [-0.25, -0.2) is 9.59 Å². The number of anilines is 2. The van der Waals surface area contributed by atoms with Crippen LogP contribution in [0.4, 0.5) is 21.0 Å². The molecule has 3 aromatic rings. The Morgan fingerprint density at radius 2 is 1.38 bits per heavy atom. The van der Waals surface area contributed by atoms with Crippen molar-refractivity contribution in [3.8, 4) is 17.2 Å². The first-order valence-corrected chi connectivity index (χ1v) is 17.3. The average Bonchev–Trinajstić information content (AvgIpc) is 3.14. The molecule has 13 heteroatoms. The fourth-order valence-electron chi connectivity index (χ4n) is 5.29. The van der Waals surface area contributed by atoms with E-state index in [1.165, 1.54) is 12.0 Å². The Labute approximate surface area is 306 Å². The van der Waals surface area contributed by atoms with E-state index in [1.54, 1.807) is 47.2 Å². The number of rotatable bonds is 20. The number of urea groups is 2. The summed E-state index contributed by atoms with van der Waals surface area (Å²) in [6, 6.07) is 19.3. The van der Waals surface area contributed by atoms with Gasteiger partial charge in [0.15, 0.2) is 11.5 Å². The molecule has 280 valence electrons. The third-order valence-corrected chi connectivity index (χ3v) is 8.23. The summed E-state index contributed by atoms with van der Waals surface area (Å²) >= 11 is 0. The van der Waals surface area contributed by atoms with E-state index in [9.17, 15) is 24.3 Å². The van der Waals surface area contributed by atoms with Gasteiger partial charge >= 0.3 is 18.0 Å². The Bertz CT molecular complexity index is 1660. The van der Waals surface area contributed by atoms with Gasteiger partial charge in [0.2, 0.25) is 5.91 Å². The lowest BCUT2D eigenvalue weighted by Crippen LogP contribution is -2.44. The highest BCUT2D eigenvalue weighted by Gasteiger charge is 2.20. The van der Waals surface area contributed by atoms with Crippen molar-refractivity contribution in [1.82, 2.24) is 14.7 Å². The molecule has 13 nitrogen and oxygen atoms in total. The number of hydrogen-bond acceptors (Lipinski definition) is 7. The number of carbonyl (C=O) groups excluding carboxylic acids is 3. The van der Waals surface area contributed by atoms with Crippen molar-refractivity contribution in [2.75, 3.05) is 70.7 Å². The minimum atomic E-state index is -0.984. The van der Waals surface area contributed by atoms with E-state index in [2.05, 4.69) is 10.6 Å². The van der Waals surface area contributed by atoms with Gasteiger partial charge in [0.05, 0.1) is 39.4 Å². The molecular formula is C39H51N5O8. The van der Waals surface area contributed by atoms with Crippen LogP contribution in [0, 0.1) is 6.92 Å². The van der Waals surface area contributed by atoms with Crippen LogP contribution in [0.3, 0.4) is 0 Å². The molecule has 3 N–H and O–H groups in total. The van der Waals surface area contributed by atoms with E-state index in [-0.39, 0.29) is 31.3 Å². The fraction of sp³-hybridized carbons (Fsp3) is 0.385. The topological polar surface area (TPSA) is 150 Å². The Morgan fingerprint density at radius 3 is 2.04 bits per heavy atom. The summed E-state index contributed by atoms with van der Waals surface area (Å²) in [5.41, 5.74) is 2.83. The summed E-state index contributed by atoms with van der Waals surface area (Å²) in [5.74, 6) is 0.559. The number of nitrogens with zero attached hydrogens (tertiary/aromatic N) is 3. The first-order valence-electron chi connectivity index (χ1n) is 17.3. The highest BCUT2D eigenvalue weighted by molar-refractivity contribution is 6.01. The molecule has 0 spiro atoms. The first kappa shape index (κ1) is 40.7. The Kier molecular flexibility index (Phi) is 16.8. The van der Waals surface area contributed by atoms with Crippen molar-refractivity contribution in [3.63, 3.8) is 0 Å². The van der Waals surface area contributed by atoms with Gasteiger partial charge in [-0.15, -0.1) is 0 Å². The van der Waals surface area contributed by atoms with E-state index in [1.807, 2.05) is 69.3 Å². The van der Waals surface area contributed by atoms with Crippen LogP contribution in [0.15, 0.2) is 78.9 Å². The number of carboxylic acids is 1. The number of methoxy groups -OCH3 is 2. The van der Waals surface area contributed by atoms with Crippen LogP contribution in [-0.4, -0.2) is 104 Å². The number of nitrogens with one attached hydrogen (secondary N) is 2. The van der Waals surface area contributed by atoms with E-state index >= 15 is 0 Å². The van der Waals surface area contributed by atoms with E-state index in [0.29, 0.717) is 74.4 Å². The molecule has 0 saturated carbocycles. The van der Waals surface area contributed by atoms with Crippen LogP contribution < -0.4 is 24.8 Å². The molecule has 0 bridgehead atoms. The van der Waals surface area contributed by atoms with Gasteiger partial charge < -0.3 is 44.7 Å². The molecular weight excluding hydrogens is 666 g/mol. The summed E-state index contributed by atoms with van der Waals surface area (Å²) in [7, 11) is 3.07. The molecule has 0 unspecified atom stereocenters. The number of aryl methyl sites for hydroxylation is 1. The minimum Gasteiger partial charge on any atom is -0.495 e. The predicted octanol–water partition coefficient (Wildman–Crippen LogP) is 6.29. The predicted molar refractivity (Wildman–Crippen MR) is 201 cm³/mol. The van der Waals surface area contributed by atoms with Gasteiger partial charge in [0.1, 0.15) is 5.75 Å². The molecule has 3 aromatic carbocycles. The number of para-hydroxylation sites is 3. The van der Waals surface area contributed by atoms with Crippen molar-refractivity contribution in [2.24, 2.45) is 0 Å². The number of carbonyl (C=O) groups is 4. The summed E-state index contributed by atoms with van der Waals surface area (Å²) in [6.45, 7) is 7.92. The Balaban J connectivity index is 1.53. The fourth-order valence-corrected chi connectivity index (χ4v) is 5.29. The number of ether oxygens (including phenoxy) is 3. The van der Waals surface area contributed by atoms with Crippen molar-refractivity contribution < 1.29 is 38.5 Å². The van der Waals surface area contributed by atoms with Gasteiger partial charge in [-0.05, 0) is 68.7 Å². The molecule has 0 saturated heterocycles. The van der Waals surface area contributed by atoms with Gasteiger partial charge in [-0.2, -0.15) is 0 Å². The first-order chi connectivity index (χ1) is 25.1. The van der Waals surface area contributed by atoms with Crippen LogP contribution in [0.5, 0.6) is 17.2 Å². The number of carboxylic acid groups (broad SMARTS) is 1. The van der Waals surface area contributed by atoms with Gasteiger partial charge in [0, 0.05) is 45.0 Å². The average molecular weight is 718 g/mol. The molecule has 0 aliphatic heterocycles. The summed E-state index contributed by atoms with van der Waals surface area (Å²) in [5, 5.41) is 14.9. The van der Waals surface area contributed by atoms with Crippen LogP contribution in [0.1, 0.15) is 37.8 Å². The zero-order valence-corrected chi connectivity index (χ0v) is 30.7. The van der Waals surface area contributed by atoms with Crippen LogP contribution in [0.25, 0.3) is 0 Å². The van der Waals surface area contributed by atoms with Gasteiger partial charge in [-0.3, -0.25) is 9.59 Å². The molecule has 0 radical (unpaired) electrons. The van der Waals surface area contributed by atoms with Crippen LogP contribution >= 0.6 is 0 Å². The van der Waals surface area contributed by atoms with Crippen molar-refractivity contribution in [2.45, 2.75) is 40.0 Å². The highest BCUT2D eigenvalue weighted by atomic mass is 16.5. The SMILES string of the molecule is CCN(CC=CCN(CC)C(=O)N(CCCOc1ccccc1OC)CCC(=O)O)C(=O)Cc1ccc(NC(=O)Nc2ccccc2C)c(OC)c1. The van der Waals surface area contributed by atoms with E-state index < -0.39 is 12.0 Å². The normalized spacial score (nSPS) is 10.7. The van der Waals surface area contributed by atoms with Gasteiger partial charge in [-0.1, -0.05) is 48.6 Å². The number of benzene rings is 3. The monoisotopic (exact) mass is 717 g/mol. The maximum absolute atomic E-state index is 13.4. The zero-order chi connectivity index (χ0) is 37.9. The lowest BCUT2D eigenvalue weighted by molar-refractivity contribution is -0.137. The molecule has 52 heavy (non-hydrogen) atoms. The highest BCUT2D eigenvalue weighted by Crippen LogP contribution is 2.27. The van der Waals surface area contributed by atoms with Gasteiger partial charge in [0.25, 0.3) is 0 Å². The second-order valence-electron chi connectivity index (χ2n) is 11.8. The Hall–Kier alpha value is -5.72. The van der Waals surface area contributed by atoms with Crippen molar-refractivity contribution in [1.29, 1.82) is 0 Å². The summed E-state index contributed by atoms with van der Waals surface area (Å²) in [4.78, 5) is 55.5. The number of likely N-dealkylation sites (N-methyl/N-ethyl adjacent to an activating group) is 2. The molecule has 0 heterocycles. The maximum atomic E-state index is 13.4. The quantitative estimate of drug-likeness (QED) is 0.0912. The number of amides is 5. The summed E-state index contributed by atoms with van der Waals surface area (Å²) < 4.78 is 16.6. The van der Waals surface area contributed by atoms with Crippen molar-refractivity contribution >= 4 is 35.3 Å². The third-order valence-electron chi connectivity index (χ3n) is 8.23. The zero-order valence-electron chi connectivity index (χ0n) is 30.7. The van der Waals surface area contributed by atoms with Crippen LogP contribution in [-0.2, 0) is 16.0 Å². The molecule has 0 aliphatic carbocycles. The molecule has 0 aliphatic rings. The maximum Gasteiger partial charge on any atom is 0.323 e. The van der Waals surface area contributed by atoms with Crippen molar-refractivity contribution in [3.05, 3.63) is 90.0 Å². The van der Waals surface area contributed by atoms with E-state index in [0.717, 1.165) is 11.1 Å². The summed E-state index contributed by atoms with van der Waals surface area (Å²) in [6.07, 6.45) is 4.14. The lowest BCUT2D eigenvalue weighted by atomic mass is 10.1. The number of hydrogen-bond donors (Lipinski definition) is 3.